The van der Waals surface area contributed by atoms with E-state index in [1.807, 2.05) is 6.92 Å². The van der Waals surface area contributed by atoms with Crippen LogP contribution in [-0.2, 0) is 6.42 Å². The van der Waals surface area contributed by atoms with E-state index >= 15 is 0 Å². The topological polar surface area (TPSA) is 24.7 Å². The second-order valence-electron chi connectivity index (χ2n) is 6.94. The van der Waals surface area contributed by atoms with Crippen molar-refractivity contribution in [3.05, 3.63) is 71.4 Å². The maximum absolute atomic E-state index is 4.84. The van der Waals surface area contributed by atoms with Crippen molar-refractivity contribution in [3.8, 4) is 11.1 Å². The molecule has 0 amide bonds. The third-order valence-corrected chi connectivity index (χ3v) is 4.96. The van der Waals surface area contributed by atoms with Gasteiger partial charge in [-0.15, -0.1) is 0 Å². The second kappa shape index (κ2) is 7.18. The Kier molecular flexibility index (Phi) is 4.98. The Hall–Kier alpha value is -2.48. The van der Waals surface area contributed by atoms with Gasteiger partial charge in [0.1, 0.15) is 0 Å². The molecule has 2 aromatic carbocycles. The van der Waals surface area contributed by atoms with E-state index in [0.29, 0.717) is 5.92 Å². The summed E-state index contributed by atoms with van der Waals surface area (Å²) in [5.41, 5.74) is 8.39. The molecule has 1 atom stereocenters. The number of rotatable bonds is 4. The fourth-order valence-electron chi connectivity index (χ4n) is 3.19. The molecule has 0 bridgehead atoms. The first-order valence-electron chi connectivity index (χ1n) is 9.00. The second-order valence-corrected chi connectivity index (χ2v) is 6.94. The minimum atomic E-state index is 0.453. The molecule has 2 aromatic rings. The lowest BCUT2D eigenvalue weighted by Crippen LogP contribution is -2.10. The number of aliphatic imine (C=N–C) groups is 2. The molecule has 2 nitrogen and oxygen atoms in total. The highest BCUT2D eigenvalue weighted by molar-refractivity contribution is 6.07. The fraction of sp³-hybridized carbons (Fsp3) is 0.304. The Morgan fingerprint density at radius 1 is 1.04 bits per heavy atom. The normalized spacial score (nSPS) is 14.9. The molecule has 3 rings (SSSR count). The Balaban J connectivity index is 2.02. The van der Waals surface area contributed by atoms with Gasteiger partial charge < -0.3 is 0 Å². The number of fused-ring (bicyclic) bond motifs is 3. The Bertz CT molecular complexity index is 871. The lowest BCUT2D eigenvalue weighted by atomic mass is 10.0. The summed E-state index contributed by atoms with van der Waals surface area (Å²) in [6.45, 7) is 12.3. The molecule has 0 unspecified atom stereocenters. The summed E-state index contributed by atoms with van der Waals surface area (Å²) in [7, 11) is 0. The molecule has 0 saturated carbocycles. The Labute approximate surface area is 151 Å². The van der Waals surface area contributed by atoms with Crippen LogP contribution in [0.25, 0.3) is 11.1 Å². The van der Waals surface area contributed by atoms with Crippen molar-refractivity contribution >= 4 is 11.5 Å². The van der Waals surface area contributed by atoms with Gasteiger partial charge in [0.15, 0.2) is 5.84 Å². The average molecular weight is 330 g/mol. The maximum Gasteiger partial charge on any atom is 0.159 e. The molecule has 0 saturated heterocycles. The van der Waals surface area contributed by atoms with Crippen LogP contribution < -0.4 is 0 Å². The van der Waals surface area contributed by atoms with Crippen LogP contribution in [0.15, 0.2) is 64.7 Å². The van der Waals surface area contributed by atoms with Crippen LogP contribution in [0.5, 0.6) is 0 Å². The standard InChI is InChI=1S/C23H26N2/c1-6-16(4)17(5)25-23(24-15(2)3)19-11-12-22-20(14-19)13-18-9-7-8-10-21(18)22/h7-12,14,16H,2,6,13H2,1,3-5H3/t16-/m0/s1. The van der Waals surface area contributed by atoms with Crippen molar-refractivity contribution in [2.75, 3.05) is 0 Å². The molecule has 0 fully saturated rings. The number of allylic oxidation sites excluding steroid dienone is 1. The zero-order valence-electron chi connectivity index (χ0n) is 15.6. The van der Waals surface area contributed by atoms with Crippen LogP contribution in [0.2, 0.25) is 0 Å². The molecule has 128 valence electrons. The number of benzene rings is 2. The molecule has 25 heavy (non-hydrogen) atoms. The minimum absolute atomic E-state index is 0.453. The molecular weight excluding hydrogens is 304 g/mol. The molecule has 1 aliphatic rings. The SMILES string of the molecule is C=C(C)N=C(N=C(C)[C@@H](C)CC)c1ccc2c(c1)Cc1ccccc1-2. The van der Waals surface area contributed by atoms with Crippen molar-refractivity contribution in [3.63, 3.8) is 0 Å². The first-order valence-corrected chi connectivity index (χ1v) is 9.00. The van der Waals surface area contributed by atoms with Gasteiger partial charge in [0, 0.05) is 17.0 Å². The molecule has 0 N–H and O–H groups in total. The number of hydrogen-bond donors (Lipinski definition) is 0. The van der Waals surface area contributed by atoms with Crippen molar-refractivity contribution < 1.29 is 0 Å². The van der Waals surface area contributed by atoms with Crippen LogP contribution in [0.1, 0.15) is 50.8 Å². The highest BCUT2D eigenvalue weighted by Crippen LogP contribution is 2.36. The van der Waals surface area contributed by atoms with Gasteiger partial charge in [-0.25, -0.2) is 9.98 Å². The van der Waals surface area contributed by atoms with Gasteiger partial charge in [-0.1, -0.05) is 56.8 Å². The Morgan fingerprint density at radius 3 is 2.48 bits per heavy atom. The summed E-state index contributed by atoms with van der Waals surface area (Å²) in [5.74, 6) is 1.22. The van der Waals surface area contributed by atoms with E-state index in [1.54, 1.807) is 0 Å². The van der Waals surface area contributed by atoms with Gasteiger partial charge in [0.25, 0.3) is 0 Å². The van der Waals surface area contributed by atoms with E-state index in [2.05, 4.69) is 74.8 Å². The van der Waals surface area contributed by atoms with Gasteiger partial charge in [-0.2, -0.15) is 0 Å². The molecule has 2 heteroatoms. The lowest BCUT2D eigenvalue weighted by Gasteiger charge is -2.11. The minimum Gasteiger partial charge on any atom is -0.238 e. The molecule has 0 spiro atoms. The zero-order chi connectivity index (χ0) is 18.0. The fourth-order valence-corrected chi connectivity index (χ4v) is 3.19. The quantitative estimate of drug-likeness (QED) is 0.411. The van der Waals surface area contributed by atoms with E-state index < -0.39 is 0 Å². The van der Waals surface area contributed by atoms with E-state index in [-0.39, 0.29) is 0 Å². The van der Waals surface area contributed by atoms with E-state index in [4.69, 9.17) is 4.99 Å². The summed E-state index contributed by atoms with van der Waals surface area (Å²) in [6.07, 6.45) is 2.06. The molecule has 0 aliphatic heterocycles. The first kappa shape index (κ1) is 17.3. The van der Waals surface area contributed by atoms with Crippen molar-refractivity contribution in [2.45, 2.75) is 40.5 Å². The van der Waals surface area contributed by atoms with Gasteiger partial charge in [0.2, 0.25) is 0 Å². The van der Waals surface area contributed by atoms with Gasteiger partial charge >= 0.3 is 0 Å². The van der Waals surface area contributed by atoms with Gasteiger partial charge in [0.05, 0.1) is 0 Å². The number of hydrogen-bond acceptors (Lipinski definition) is 1. The Morgan fingerprint density at radius 2 is 1.76 bits per heavy atom. The summed E-state index contributed by atoms with van der Waals surface area (Å²) in [5, 5.41) is 0. The first-order chi connectivity index (χ1) is 12.0. The highest BCUT2D eigenvalue weighted by atomic mass is 14.9. The van der Waals surface area contributed by atoms with E-state index in [1.165, 1.54) is 22.3 Å². The molecule has 0 heterocycles. The van der Waals surface area contributed by atoms with E-state index in [0.717, 1.165) is 35.6 Å². The van der Waals surface area contributed by atoms with Crippen molar-refractivity contribution in [1.29, 1.82) is 0 Å². The predicted octanol–water partition coefficient (Wildman–Crippen LogP) is 6.05. The lowest BCUT2D eigenvalue weighted by molar-refractivity contribution is 0.737. The van der Waals surface area contributed by atoms with Crippen LogP contribution >= 0.6 is 0 Å². The summed E-state index contributed by atoms with van der Waals surface area (Å²) in [4.78, 5) is 9.45. The number of amidine groups is 1. The van der Waals surface area contributed by atoms with Gasteiger partial charge in [-0.05, 0) is 60.9 Å². The maximum atomic E-state index is 4.84. The highest BCUT2D eigenvalue weighted by Gasteiger charge is 2.19. The third kappa shape index (κ3) is 3.63. The summed E-state index contributed by atoms with van der Waals surface area (Å²) < 4.78 is 0. The van der Waals surface area contributed by atoms with E-state index in [9.17, 15) is 0 Å². The smallest absolute Gasteiger partial charge is 0.159 e. The molecule has 0 radical (unpaired) electrons. The molecule has 1 aliphatic carbocycles. The molecule has 0 aromatic heterocycles. The van der Waals surface area contributed by atoms with Gasteiger partial charge in [-0.3, -0.25) is 0 Å². The number of nitrogens with zero attached hydrogens (tertiary/aromatic N) is 2. The van der Waals surface area contributed by atoms with Crippen molar-refractivity contribution in [1.82, 2.24) is 0 Å². The summed E-state index contributed by atoms with van der Waals surface area (Å²) >= 11 is 0. The average Bonchev–Trinajstić information content (AvgIpc) is 2.97. The van der Waals surface area contributed by atoms with Crippen LogP contribution in [0, 0.1) is 5.92 Å². The zero-order valence-corrected chi connectivity index (χ0v) is 15.6. The predicted molar refractivity (Wildman–Crippen MR) is 109 cm³/mol. The largest absolute Gasteiger partial charge is 0.238 e. The van der Waals surface area contributed by atoms with Crippen LogP contribution in [0.4, 0.5) is 0 Å². The monoisotopic (exact) mass is 330 g/mol. The summed E-state index contributed by atoms with van der Waals surface area (Å²) in [6, 6.07) is 15.2. The van der Waals surface area contributed by atoms with Crippen LogP contribution in [0.3, 0.4) is 0 Å². The third-order valence-electron chi connectivity index (χ3n) is 4.96. The molecular formula is C23H26N2. The van der Waals surface area contributed by atoms with Crippen LogP contribution in [-0.4, -0.2) is 11.5 Å². The van der Waals surface area contributed by atoms with Crippen molar-refractivity contribution in [2.24, 2.45) is 15.9 Å².